The van der Waals surface area contributed by atoms with Crippen LogP contribution in [0.2, 0.25) is 0 Å². The topological polar surface area (TPSA) is 47.3 Å². The summed E-state index contributed by atoms with van der Waals surface area (Å²) < 4.78 is 5.67. The normalized spacial score (nSPS) is 21.4. The van der Waals surface area contributed by atoms with Gasteiger partial charge in [0.25, 0.3) is 0 Å². The van der Waals surface area contributed by atoms with Crippen LogP contribution in [0.1, 0.15) is 56.2 Å². The van der Waals surface area contributed by atoms with Gasteiger partial charge in [0.05, 0.1) is 6.10 Å². The fourth-order valence-electron chi connectivity index (χ4n) is 2.51. The van der Waals surface area contributed by atoms with Crippen LogP contribution >= 0.6 is 0 Å². The molecular formula is C15H24N2O. The first kappa shape index (κ1) is 13.5. The number of ether oxygens (including phenoxy) is 1. The molecule has 100 valence electrons. The Kier molecular flexibility index (Phi) is 4.75. The smallest absolute Gasteiger partial charge is 0.0594 e. The van der Waals surface area contributed by atoms with E-state index in [-0.39, 0.29) is 6.04 Å². The molecule has 0 bridgehead atoms. The molecule has 1 aromatic carbocycles. The molecule has 1 fully saturated rings. The van der Waals surface area contributed by atoms with Gasteiger partial charge < -0.3 is 4.74 Å². The van der Waals surface area contributed by atoms with Gasteiger partial charge in [-0.15, -0.1) is 0 Å². The lowest BCUT2D eigenvalue weighted by atomic mass is 9.96. The number of hydrogen-bond acceptors (Lipinski definition) is 3. The number of nitrogens with two attached hydrogens (primary N) is 1. The van der Waals surface area contributed by atoms with Gasteiger partial charge >= 0.3 is 0 Å². The van der Waals surface area contributed by atoms with Crippen LogP contribution in [0.5, 0.6) is 0 Å². The highest BCUT2D eigenvalue weighted by molar-refractivity contribution is 5.26. The molecule has 18 heavy (non-hydrogen) atoms. The number of rotatable bonds is 5. The van der Waals surface area contributed by atoms with Gasteiger partial charge in [0.2, 0.25) is 0 Å². The van der Waals surface area contributed by atoms with Crippen LogP contribution in [0.3, 0.4) is 0 Å². The molecular weight excluding hydrogens is 224 g/mol. The molecule has 3 heteroatoms. The standard InChI is InChI=1S/C15H24N2O/c1-11(2)12-5-7-13(8-6-12)15(17-16)10-14-4-3-9-18-14/h5-8,11,14-15,17H,3-4,9-10,16H2,1-2H3. The lowest BCUT2D eigenvalue weighted by Gasteiger charge is -2.20. The first-order chi connectivity index (χ1) is 8.70. The lowest BCUT2D eigenvalue weighted by Crippen LogP contribution is -2.30. The van der Waals surface area contributed by atoms with Crippen molar-refractivity contribution in [2.24, 2.45) is 5.84 Å². The zero-order valence-corrected chi connectivity index (χ0v) is 11.4. The Bertz CT molecular complexity index is 355. The molecule has 1 aromatic rings. The average Bonchev–Trinajstić information content (AvgIpc) is 2.89. The minimum atomic E-state index is 0.189. The van der Waals surface area contributed by atoms with Crippen molar-refractivity contribution in [2.45, 2.75) is 51.2 Å². The first-order valence-electron chi connectivity index (χ1n) is 6.88. The Labute approximate surface area is 110 Å². The third-order valence-electron chi connectivity index (χ3n) is 3.73. The average molecular weight is 248 g/mol. The summed E-state index contributed by atoms with van der Waals surface area (Å²) in [7, 11) is 0. The van der Waals surface area contributed by atoms with Crippen molar-refractivity contribution in [1.29, 1.82) is 0 Å². The highest BCUT2D eigenvalue weighted by Gasteiger charge is 2.21. The van der Waals surface area contributed by atoms with Gasteiger partial charge in [0.15, 0.2) is 0 Å². The molecule has 0 amide bonds. The predicted octanol–water partition coefficient (Wildman–Crippen LogP) is 2.88. The molecule has 0 aliphatic carbocycles. The molecule has 3 N–H and O–H groups in total. The number of hydrogen-bond donors (Lipinski definition) is 2. The van der Waals surface area contributed by atoms with Gasteiger partial charge in [-0.2, -0.15) is 0 Å². The molecule has 1 aliphatic heterocycles. The Morgan fingerprint density at radius 3 is 2.44 bits per heavy atom. The maximum Gasteiger partial charge on any atom is 0.0594 e. The van der Waals surface area contributed by atoms with E-state index in [4.69, 9.17) is 10.6 Å². The predicted molar refractivity (Wildman–Crippen MR) is 74.2 cm³/mol. The van der Waals surface area contributed by atoms with Gasteiger partial charge in [-0.1, -0.05) is 38.1 Å². The number of hydrazine groups is 1. The van der Waals surface area contributed by atoms with Crippen molar-refractivity contribution in [3.63, 3.8) is 0 Å². The number of benzene rings is 1. The summed E-state index contributed by atoms with van der Waals surface area (Å²) in [5.74, 6) is 6.25. The van der Waals surface area contributed by atoms with Crippen molar-refractivity contribution in [3.8, 4) is 0 Å². The van der Waals surface area contributed by atoms with Crippen molar-refractivity contribution < 1.29 is 4.74 Å². The van der Waals surface area contributed by atoms with Gasteiger partial charge in [-0.25, -0.2) is 0 Å². The highest BCUT2D eigenvalue weighted by Crippen LogP contribution is 2.25. The second-order valence-electron chi connectivity index (χ2n) is 5.41. The van der Waals surface area contributed by atoms with Crippen LogP contribution in [-0.4, -0.2) is 12.7 Å². The molecule has 1 aliphatic rings. The molecule has 2 unspecified atom stereocenters. The van der Waals surface area contributed by atoms with E-state index in [1.54, 1.807) is 0 Å². The Morgan fingerprint density at radius 2 is 1.94 bits per heavy atom. The number of nitrogens with one attached hydrogen (secondary N) is 1. The van der Waals surface area contributed by atoms with E-state index in [1.165, 1.54) is 17.5 Å². The first-order valence-corrected chi connectivity index (χ1v) is 6.88. The van der Waals surface area contributed by atoms with E-state index in [0.717, 1.165) is 19.4 Å². The Balaban J connectivity index is 2.02. The maximum absolute atomic E-state index is 5.68. The largest absolute Gasteiger partial charge is 0.378 e. The van der Waals surface area contributed by atoms with Crippen molar-refractivity contribution in [2.75, 3.05) is 6.61 Å². The third-order valence-corrected chi connectivity index (χ3v) is 3.73. The fraction of sp³-hybridized carbons (Fsp3) is 0.600. The Hall–Kier alpha value is -0.900. The lowest BCUT2D eigenvalue weighted by molar-refractivity contribution is 0.0946. The van der Waals surface area contributed by atoms with Crippen molar-refractivity contribution in [1.82, 2.24) is 5.43 Å². The summed E-state index contributed by atoms with van der Waals surface area (Å²) >= 11 is 0. The molecule has 2 rings (SSSR count). The summed E-state index contributed by atoms with van der Waals surface area (Å²) in [5.41, 5.74) is 5.53. The van der Waals surface area contributed by atoms with Crippen LogP contribution < -0.4 is 11.3 Å². The summed E-state index contributed by atoms with van der Waals surface area (Å²) in [6, 6.07) is 8.93. The summed E-state index contributed by atoms with van der Waals surface area (Å²) in [6.45, 7) is 5.31. The van der Waals surface area contributed by atoms with Crippen molar-refractivity contribution >= 4 is 0 Å². The van der Waals surface area contributed by atoms with Gasteiger partial charge in [-0.05, 0) is 36.3 Å². The summed E-state index contributed by atoms with van der Waals surface area (Å²) in [6.07, 6.45) is 3.64. The maximum atomic E-state index is 5.68. The van der Waals surface area contributed by atoms with Crippen LogP contribution in [0, 0.1) is 0 Å². The second-order valence-corrected chi connectivity index (χ2v) is 5.41. The minimum absolute atomic E-state index is 0.189. The van der Waals surface area contributed by atoms with E-state index in [0.29, 0.717) is 12.0 Å². The molecule has 3 nitrogen and oxygen atoms in total. The van der Waals surface area contributed by atoms with Gasteiger partial charge in [0, 0.05) is 12.6 Å². The summed E-state index contributed by atoms with van der Waals surface area (Å²) in [4.78, 5) is 0. The molecule has 0 radical (unpaired) electrons. The molecule has 1 saturated heterocycles. The fourth-order valence-corrected chi connectivity index (χ4v) is 2.51. The molecule has 0 aromatic heterocycles. The van der Waals surface area contributed by atoms with E-state index >= 15 is 0 Å². The SMILES string of the molecule is CC(C)c1ccc(C(CC2CCCO2)NN)cc1. The van der Waals surface area contributed by atoms with E-state index in [2.05, 4.69) is 43.5 Å². The molecule has 0 saturated carbocycles. The van der Waals surface area contributed by atoms with Gasteiger partial charge in [-0.3, -0.25) is 11.3 Å². The minimum Gasteiger partial charge on any atom is -0.378 e. The van der Waals surface area contributed by atoms with E-state index < -0.39 is 0 Å². The van der Waals surface area contributed by atoms with E-state index in [1.807, 2.05) is 0 Å². The Morgan fingerprint density at radius 1 is 1.28 bits per heavy atom. The second kappa shape index (κ2) is 6.32. The zero-order chi connectivity index (χ0) is 13.0. The van der Waals surface area contributed by atoms with Crippen LogP contribution in [0.25, 0.3) is 0 Å². The molecule has 1 heterocycles. The van der Waals surface area contributed by atoms with Crippen LogP contribution in [0.4, 0.5) is 0 Å². The monoisotopic (exact) mass is 248 g/mol. The molecule has 2 atom stereocenters. The van der Waals surface area contributed by atoms with Crippen molar-refractivity contribution in [3.05, 3.63) is 35.4 Å². The van der Waals surface area contributed by atoms with Crippen LogP contribution in [-0.2, 0) is 4.74 Å². The highest BCUT2D eigenvalue weighted by atomic mass is 16.5. The quantitative estimate of drug-likeness (QED) is 0.622. The van der Waals surface area contributed by atoms with Crippen LogP contribution in [0.15, 0.2) is 24.3 Å². The zero-order valence-electron chi connectivity index (χ0n) is 11.4. The van der Waals surface area contributed by atoms with E-state index in [9.17, 15) is 0 Å². The third kappa shape index (κ3) is 3.31. The summed E-state index contributed by atoms with van der Waals surface area (Å²) in [5, 5.41) is 0. The molecule has 0 spiro atoms. The van der Waals surface area contributed by atoms with Gasteiger partial charge in [0.1, 0.15) is 0 Å².